The van der Waals surface area contributed by atoms with Crippen LogP contribution in [0.1, 0.15) is 28.8 Å². The minimum atomic E-state index is 0. The molecule has 0 saturated heterocycles. The van der Waals surface area contributed by atoms with Crippen LogP contribution in [0.2, 0.25) is 0 Å². The number of aryl methyl sites for hydroxylation is 3. The Bertz CT molecular complexity index is 1150. The van der Waals surface area contributed by atoms with Crippen molar-refractivity contribution >= 4 is 49.9 Å². The van der Waals surface area contributed by atoms with Crippen LogP contribution in [-0.2, 0) is 12.8 Å². The predicted molar refractivity (Wildman–Crippen MR) is 127 cm³/mol. The summed E-state index contributed by atoms with van der Waals surface area (Å²) in [7, 11) is 0. The lowest BCUT2D eigenvalue weighted by atomic mass is 9.91. The molecule has 0 amide bonds. The molecule has 0 unspecified atom stereocenters. The van der Waals surface area contributed by atoms with E-state index < -0.39 is 0 Å². The minimum Gasteiger partial charge on any atom is -0.237 e. The molecule has 0 atom stereocenters. The Morgan fingerprint density at radius 2 is 1.71 bits per heavy atom. The molecule has 1 nitrogen and oxygen atoms in total. The van der Waals surface area contributed by atoms with Gasteiger partial charge in [0.05, 0.1) is 5.69 Å². The Morgan fingerprint density at radius 3 is 2.50 bits per heavy atom. The molecule has 5 rings (SSSR count). The zero-order valence-electron chi connectivity index (χ0n) is 15.7. The van der Waals surface area contributed by atoms with Crippen LogP contribution < -0.4 is 0 Å². The van der Waals surface area contributed by atoms with Crippen LogP contribution in [0.3, 0.4) is 0 Å². The molecule has 2 heterocycles. The summed E-state index contributed by atoms with van der Waals surface area (Å²) in [6.07, 6.45) is 4.99. The molecule has 0 aliphatic heterocycles. The fourth-order valence-electron chi connectivity index (χ4n) is 4.07. The summed E-state index contributed by atoms with van der Waals surface area (Å²) < 4.78 is 1.10. The van der Waals surface area contributed by atoms with Crippen molar-refractivity contribution < 1.29 is 0 Å². The third-order valence-electron chi connectivity index (χ3n) is 5.39. The molecule has 0 spiro atoms. The van der Waals surface area contributed by atoms with Crippen molar-refractivity contribution in [2.75, 3.05) is 0 Å². The number of fused-ring (bicyclic) bond motifs is 3. The second-order valence-corrected chi connectivity index (χ2v) is 9.32. The number of halogens is 2. The number of hydrogen-bond acceptors (Lipinski definition) is 2. The summed E-state index contributed by atoms with van der Waals surface area (Å²) in [6.45, 7) is 2.17. The molecule has 0 fully saturated rings. The van der Waals surface area contributed by atoms with Gasteiger partial charge in [0.15, 0.2) is 0 Å². The number of nitrogens with zero attached hydrogens (tertiary/aromatic N) is 1. The fraction of sp³-hybridized carbons (Fsp3) is 0.208. The highest BCUT2D eigenvalue weighted by molar-refractivity contribution is 9.10. The first kappa shape index (κ1) is 19.6. The Kier molecular flexibility index (Phi) is 5.59. The number of aromatic nitrogens is 1. The molecule has 2 aromatic carbocycles. The van der Waals surface area contributed by atoms with Gasteiger partial charge >= 0.3 is 0 Å². The van der Waals surface area contributed by atoms with Gasteiger partial charge in [-0.25, -0.2) is 4.98 Å². The average molecular weight is 471 g/mol. The highest BCUT2D eigenvalue weighted by Crippen LogP contribution is 2.42. The molecule has 4 aromatic rings. The largest absolute Gasteiger partial charge is 0.237 e. The average Bonchev–Trinajstić information content (AvgIpc) is 3.06. The van der Waals surface area contributed by atoms with Crippen LogP contribution in [0.25, 0.3) is 32.6 Å². The number of rotatable bonds is 2. The van der Waals surface area contributed by atoms with E-state index in [4.69, 9.17) is 4.98 Å². The Balaban J connectivity index is 0.00000192. The monoisotopic (exact) mass is 469 g/mol. The van der Waals surface area contributed by atoms with Gasteiger partial charge in [-0.15, -0.1) is 23.7 Å². The molecular formula is C24H21BrClNS. The lowest BCUT2D eigenvalue weighted by Crippen LogP contribution is -1.99. The molecule has 1 aliphatic rings. The maximum Gasteiger partial charge on any atom is 0.125 e. The van der Waals surface area contributed by atoms with Gasteiger partial charge in [0.1, 0.15) is 4.83 Å². The van der Waals surface area contributed by atoms with Crippen molar-refractivity contribution in [3.8, 4) is 22.4 Å². The van der Waals surface area contributed by atoms with E-state index in [1.807, 2.05) is 11.3 Å². The number of thiophene rings is 1. The standard InChI is InChI=1S/C24H20BrNS.ClH/c1-15-5-4-6-17(13-15)20-14-21(16-9-11-18(25)12-10-16)26-24-23(20)19-7-2-3-8-22(19)27-24;/h4-6,9-14H,2-3,7-8H2,1H3;1H. The second kappa shape index (κ2) is 7.98. The molecule has 0 bridgehead atoms. The highest BCUT2D eigenvalue weighted by Gasteiger charge is 2.21. The van der Waals surface area contributed by atoms with Crippen molar-refractivity contribution in [2.45, 2.75) is 32.6 Å². The van der Waals surface area contributed by atoms with Crippen LogP contribution in [0.4, 0.5) is 0 Å². The van der Waals surface area contributed by atoms with Crippen LogP contribution in [0.15, 0.2) is 59.1 Å². The topological polar surface area (TPSA) is 12.9 Å². The van der Waals surface area contributed by atoms with Crippen molar-refractivity contribution in [3.63, 3.8) is 0 Å². The van der Waals surface area contributed by atoms with Crippen LogP contribution in [-0.4, -0.2) is 4.98 Å². The molecular weight excluding hydrogens is 450 g/mol. The van der Waals surface area contributed by atoms with Crippen LogP contribution in [0.5, 0.6) is 0 Å². The zero-order valence-corrected chi connectivity index (χ0v) is 18.9. The molecule has 0 N–H and O–H groups in total. The second-order valence-electron chi connectivity index (χ2n) is 7.32. The van der Waals surface area contributed by atoms with Crippen molar-refractivity contribution in [3.05, 3.63) is 75.1 Å². The predicted octanol–water partition coefficient (Wildman–Crippen LogP) is 8.00. The maximum atomic E-state index is 5.09. The lowest BCUT2D eigenvalue weighted by Gasteiger charge is -2.13. The molecule has 0 radical (unpaired) electrons. The molecule has 4 heteroatoms. The van der Waals surface area contributed by atoms with E-state index in [9.17, 15) is 0 Å². The van der Waals surface area contributed by atoms with Gasteiger partial charge in [-0.3, -0.25) is 0 Å². The Labute approximate surface area is 184 Å². The van der Waals surface area contributed by atoms with E-state index in [0.29, 0.717) is 0 Å². The van der Waals surface area contributed by atoms with Gasteiger partial charge in [-0.2, -0.15) is 0 Å². The van der Waals surface area contributed by atoms with E-state index in [0.717, 1.165) is 10.2 Å². The van der Waals surface area contributed by atoms with Crippen LogP contribution >= 0.6 is 39.7 Å². The third kappa shape index (κ3) is 3.52. The molecule has 1 aliphatic carbocycles. The van der Waals surface area contributed by atoms with Gasteiger partial charge in [0.25, 0.3) is 0 Å². The minimum absolute atomic E-state index is 0. The van der Waals surface area contributed by atoms with Crippen molar-refractivity contribution in [1.29, 1.82) is 0 Å². The Hall–Kier alpha value is -1.68. The lowest BCUT2D eigenvalue weighted by molar-refractivity contribution is 0.700. The summed E-state index contributed by atoms with van der Waals surface area (Å²) in [6, 6.07) is 19.6. The summed E-state index contributed by atoms with van der Waals surface area (Å²) in [5, 5.41) is 1.39. The SMILES string of the molecule is Cc1cccc(-c2cc(-c3ccc(Br)cc3)nc3sc4c(c23)CCCC4)c1.Cl. The maximum absolute atomic E-state index is 5.09. The number of pyridine rings is 1. The number of hydrogen-bond donors (Lipinski definition) is 0. The zero-order chi connectivity index (χ0) is 18.4. The molecule has 142 valence electrons. The van der Waals surface area contributed by atoms with E-state index in [2.05, 4.69) is 77.5 Å². The van der Waals surface area contributed by atoms with Gasteiger partial charge in [-0.1, -0.05) is 57.9 Å². The van der Waals surface area contributed by atoms with E-state index >= 15 is 0 Å². The quantitative estimate of drug-likeness (QED) is 0.289. The first-order valence-corrected chi connectivity index (χ1v) is 11.1. The highest BCUT2D eigenvalue weighted by atomic mass is 79.9. The normalized spacial score (nSPS) is 13.2. The molecule has 0 saturated carbocycles. The van der Waals surface area contributed by atoms with Gasteiger partial charge in [-0.05, 0) is 67.5 Å². The van der Waals surface area contributed by atoms with Crippen molar-refractivity contribution in [1.82, 2.24) is 4.98 Å². The van der Waals surface area contributed by atoms with E-state index in [1.54, 1.807) is 10.4 Å². The summed E-state index contributed by atoms with van der Waals surface area (Å²) in [4.78, 5) is 7.83. The third-order valence-corrected chi connectivity index (χ3v) is 7.11. The molecule has 2 aromatic heterocycles. The Morgan fingerprint density at radius 1 is 0.929 bits per heavy atom. The van der Waals surface area contributed by atoms with E-state index in [1.165, 1.54) is 58.2 Å². The van der Waals surface area contributed by atoms with Gasteiger partial charge in [0.2, 0.25) is 0 Å². The van der Waals surface area contributed by atoms with Crippen LogP contribution in [0, 0.1) is 6.92 Å². The summed E-state index contributed by atoms with van der Waals surface area (Å²) in [5.41, 5.74) is 7.71. The van der Waals surface area contributed by atoms with Gasteiger partial charge < -0.3 is 0 Å². The smallest absolute Gasteiger partial charge is 0.125 e. The summed E-state index contributed by atoms with van der Waals surface area (Å²) >= 11 is 5.44. The molecule has 28 heavy (non-hydrogen) atoms. The van der Waals surface area contributed by atoms with E-state index in [-0.39, 0.29) is 12.4 Å². The van der Waals surface area contributed by atoms with Crippen molar-refractivity contribution in [2.24, 2.45) is 0 Å². The first-order valence-electron chi connectivity index (χ1n) is 9.47. The summed E-state index contributed by atoms with van der Waals surface area (Å²) in [5.74, 6) is 0. The number of benzene rings is 2. The first-order chi connectivity index (χ1) is 13.2. The van der Waals surface area contributed by atoms with Gasteiger partial charge in [0, 0.05) is 20.3 Å². The fourth-order valence-corrected chi connectivity index (χ4v) is 5.62.